The van der Waals surface area contributed by atoms with Gasteiger partial charge in [0.25, 0.3) is 5.91 Å². The van der Waals surface area contributed by atoms with Crippen molar-refractivity contribution >= 4 is 29.3 Å². The summed E-state index contributed by atoms with van der Waals surface area (Å²) in [5, 5.41) is 6.89. The second-order valence-electron chi connectivity index (χ2n) is 7.29. The number of fused-ring (bicyclic) bond motifs is 1. The van der Waals surface area contributed by atoms with Crippen molar-refractivity contribution in [3.05, 3.63) is 88.7 Å². The first-order chi connectivity index (χ1) is 14.2. The third-order valence-corrected chi connectivity index (χ3v) is 5.71. The first kappa shape index (κ1) is 18.0. The third kappa shape index (κ3) is 3.32. The Morgan fingerprint density at radius 3 is 2.76 bits per heavy atom. The van der Waals surface area contributed by atoms with Crippen molar-refractivity contribution in [2.24, 2.45) is 11.0 Å². The standard InChI is InChI=1S/C23H19ClN2O3/c24-17-7-1-6-16(13-17)23(27)26-22(20-10-4-12-29-20)19-9-2-5-15(21(19)25-26)14-18-8-3-11-28-18/h1,3-4,6-8,10-14,19,22H,2,5,9H2/b15-14-/t19-,22+/m0/s1. The minimum atomic E-state index is -0.271. The lowest BCUT2D eigenvalue weighted by atomic mass is 9.79. The Morgan fingerprint density at radius 1 is 1.14 bits per heavy atom. The maximum absolute atomic E-state index is 13.4. The highest BCUT2D eigenvalue weighted by Crippen LogP contribution is 2.45. The Bertz CT molecular complexity index is 1080. The Hall–Kier alpha value is -3.05. The molecule has 3 heterocycles. The molecule has 1 aliphatic heterocycles. The van der Waals surface area contributed by atoms with Gasteiger partial charge in [0.15, 0.2) is 0 Å². The topological polar surface area (TPSA) is 59.0 Å². The monoisotopic (exact) mass is 406 g/mol. The van der Waals surface area contributed by atoms with Crippen LogP contribution in [-0.2, 0) is 0 Å². The molecule has 5 nitrogen and oxygen atoms in total. The molecular formula is C23H19ClN2O3. The van der Waals surface area contributed by atoms with Crippen LogP contribution < -0.4 is 0 Å². The minimum Gasteiger partial charge on any atom is -0.467 e. The van der Waals surface area contributed by atoms with Crippen molar-refractivity contribution in [3.8, 4) is 0 Å². The van der Waals surface area contributed by atoms with Crippen molar-refractivity contribution < 1.29 is 13.6 Å². The lowest BCUT2D eigenvalue weighted by molar-refractivity contribution is 0.0656. The number of rotatable bonds is 3. The fraction of sp³-hybridized carbons (Fsp3) is 0.217. The summed E-state index contributed by atoms with van der Waals surface area (Å²) < 4.78 is 11.2. The van der Waals surface area contributed by atoms with E-state index in [2.05, 4.69) is 0 Å². The quantitative estimate of drug-likeness (QED) is 0.539. The van der Waals surface area contributed by atoms with Crippen LogP contribution in [0.3, 0.4) is 0 Å². The number of nitrogens with zero attached hydrogens (tertiary/aromatic N) is 2. The average molecular weight is 407 g/mol. The molecule has 1 aliphatic carbocycles. The first-order valence-corrected chi connectivity index (χ1v) is 10.0. The molecule has 29 heavy (non-hydrogen) atoms. The molecule has 2 aromatic heterocycles. The second-order valence-corrected chi connectivity index (χ2v) is 7.73. The van der Waals surface area contributed by atoms with Crippen molar-refractivity contribution in [1.29, 1.82) is 0 Å². The zero-order valence-corrected chi connectivity index (χ0v) is 16.4. The van der Waals surface area contributed by atoms with E-state index in [0.717, 1.165) is 42.1 Å². The van der Waals surface area contributed by atoms with Gasteiger partial charge in [-0.25, -0.2) is 5.01 Å². The van der Waals surface area contributed by atoms with Crippen molar-refractivity contribution in [1.82, 2.24) is 5.01 Å². The zero-order chi connectivity index (χ0) is 19.8. The summed E-state index contributed by atoms with van der Waals surface area (Å²) >= 11 is 6.11. The molecule has 0 radical (unpaired) electrons. The van der Waals surface area contributed by atoms with Gasteiger partial charge in [0, 0.05) is 16.5 Å². The second kappa shape index (κ2) is 7.41. The SMILES string of the molecule is O=C(c1cccc(Cl)c1)N1N=C2/C(=C\c3ccco3)CCC[C@@H]2[C@@H]1c1ccco1. The number of allylic oxidation sites excluding steroid dienone is 1. The van der Waals surface area contributed by atoms with Gasteiger partial charge in [0.1, 0.15) is 17.6 Å². The molecule has 0 spiro atoms. The summed E-state index contributed by atoms with van der Waals surface area (Å²) in [5.74, 6) is 1.42. The van der Waals surface area contributed by atoms with E-state index in [9.17, 15) is 4.79 Å². The lowest BCUT2D eigenvalue weighted by Crippen LogP contribution is -2.31. The van der Waals surface area contributed by atoms with Gasteiger partial charge in [0.2, 0.25) is 0 Å². The molecule has 2 aliphatic rings. The molecule has 0 saturated heterocycles. The molecule has 2 atom stereocenters. The molecule has 146 valence electrons. The predicted octanol–water partition coefficient (Wildman–Crippen LogP) is 5.96. The van der Waals surface area contributed by atoms with E-state index < -0.39 is 0 Å². The van der Waals surface area contributed by atoms with Crippen molar-refractivity contribution in [3.63, 3.8) is 0 Å². The summed E-state index contributed by atoms with van der Waals surface area (Å²) in [6.07, 6.45) is 8.19. The molecule has 6 heteroatoms. The number of hydrazone groups is 1. The van der Waals surface area contributed by atoms with Crippen LogP contribution in [0.5, 0.6) is 0 Å². The minimum absolute atomic E-state index is 0.0826. The molecule has 1 aromatic carbocycles. The Balaban J connectivity index is 1.57. The molecule has 3 aromatic rings. The molecule has 0 bridgehead atoms. The zero-order valence-electron chi connectivity index (χ0n) is 15.6. The number of hydrogen-bond acceptors (Lipinski definition) is 4. The van der Waals surface area contributed by atoms with Gasteiger partial charge in [-0.1, -0.05) is 17.7 Å². The number of halogens is 1. The summed E-state index contributed by atoms with van der Waals surface area (Å²) in [5.41, 5.74) is 2.55. The average Bonchev–Trinajstić information content (AvgIpc) is 3.48. The van der Waals surface area contributed by atoms with Gasteiger partial charge in [-0.2, -0.15) is 5.10 Å². The van der Waals surface area contributed by atoms with Crippen LogP contribution in [0, 0.1) is 5.92 Å². The smallest absolute Gasteiger partial charge is 0.274 e. The summed E-state index contributed by atoms with van der Waals surface area (Å²) in [6, 6.07) is 14.2. The molecule has 0 N–H and O–H groups in total. The molecule has 5 rings (SSSR count). The van der Waals surface area contributed by atoms with E-state index in [0.29, 0.717) is 10.6 Å². The Kier molecular flexibility index (Phi) is 4.60. The Labute approximate surface area is 173 Å². The maximum atomic E-state index is 13.4. The van der Waals surface area contributed by atoms with Gasteiger partial charge < -0.3 is 8.83 Å². The van der Waals surface area contributed by atoms with Crippen LogP contribution in [0.15, 0.2) is 80.6 Å². The summed E-state index contributed by atoms with van der Waals surface area (Å²) in [7, 11) is 0. The van der Waals surface area contributed by atoms with Gasteiger partial charge >= 0.3 is 0 Å². The number of carbonyl (C=O) groups excluding carboxylic acids is 1. The van der Waals surface area contributed by atoms with E-state index in [1.807, 2.05) is 30.3 Å². The fourth-order valence-corrected chi connectivity index (χ4v) is 4.40. The normalized spacial score (nSPS) is 22.6. The van der Waals surface area contributed by atoms with E-state index in [1.54, 1.807) is 41.8 Å². The van der Waals surface area contributed by atoms with Gasteiger partial charge in [-0.15, -0.1) is 0 Å². The number of carbonyl (C=O) groups is 1. The van der Waals surface area contributed by atoms with Crippen LogP contribution in [0.4, 0.5) is 0 Å². The van der Waals surface area contributed by atoms with Crippen molar-refractivity contribution in [2.45, 2.75) is 25.3 Å². The van der Waals surface area contributed by atoms with Gasteiger partial charge in [0.05, 0.1) is 18.2 Å². The van der Waals surface area contributed by atoms with Crippen LogP contribution >= 0.6 is 11.6 Å². The van der Waals surface area contributed by atoms with E-state index in [1.165, 1.54) is 0 Å². The Morgan fingerprint density at radius 2 is 2.00 bits per heavy atom. The van der Waals surface area contributed by atoms with Crippen molar-refractivity contribution in [2.75, 3.05) is 0 Å². The fourth-order valence-electron chi connectivity index (χ4n) is 4.20. The maximum Gasteiger partial charge on any atom is 0.274 e. The van der Waals surface area contributed by atoms with Gasteiger partial charge in [-0.3, -0.25) is 4.79 Å². The molecule has 1 saturated carbocycles. The third-order valence-electron chi connectivity index (χ3n) is 5.48. The van der Waals surface area contributed by atoms with E-state index in [-0.39, 0.29) is 17.9 Å². The molecule has 1 amide bonds. The largest absolute Gasteiger partial charge is 0.467 e. The van der Waals surface area contributed by atoms with Crippen LogP contribution in [0.1, 0.15) is 47.2 Å². The highest BCUT2D eigenvalue weighted by Gasteiger charge is 2.45. The van der Waals surface area contributed by atoms with Crippen LogP contribution in [-0.4, -0.2) is 16.6 Å². The number of furan rings is 2. The highest BCUT2D eigenvalue weighted by molar-refractivity contribution is 6.31. The molecular weight excluding hydrogens is 388 g/mol. The first-order valence-electron chi connectivity index (χ1n) is 9.66. The predicted molar refractivity (Wildman–Crippen MR) is 111 cm³/mol. The molecule has 1 fully saturated rings. The highest BCUT2D eigenvalue weighted by atomic mass is 35.5. The van der Waals surface area contributed by atoms with Crippen LogP contribution in [0.2, 0.25) is 5.02 Å². The van der Waals surface area contributed by atoms with Crippen LogP contribution in [0.25, 0.3) is 6.08 Å². The summed E-state index contributed by atoms with van der Waals surface area (Å²) in [4.78, 5) is 13.4. The number of benzene rings is 1. The summed E-state index contributed by atoms with van der Waals surface area (Å²) in [6.45, 7) is 0. The van der Waals surface area contributed by atoms with Gasteiger partial charge in [-0.05, 0) is 73.4 Å². The lowest BCUT2D eigenvalue weighted by Gasteiger charge is -2.27. The number of hydrogen-bond donors (Lipinski definition) is 0. The molecule has 0 unspecified atom stereocenters. The number of amides is 1. The van der Waals surface area contributed by atoms with E-state index in [4.69, 9.17) is 25.5 Å². The van der Waals surface area contributed by atoms with E-state index >= 15 is 0 Å².